The highest BCUT2D eigenvalue weighted by molar-refractivity contribution is 6.03. The molecule has 5 aliphatic rings. The average molecular weight is 811 g/mol. The Kier molecular flexibility index (Phi) is 10.7. The third-order valence-corrected chi connectivity index (χ3v) is 13.5. The summed E-state index contributed by atoms with van der Waals surface area (Å²) in [6.07, 6.45) is 10.2. The van der Waals surface area contributed by atoms with Gasteiger partial charge in [0, 0.05) is 56.7 Å². The molecular weight excluding hydrogens is 757 g/mol. The molecule has 60 heavy (non-hydrogen) atoms. The molecule has 5 aliphatic heterocycles. The Balaban J connectivity index is 0.772. The largest absolute Gasteiger partial charge is 0.507 e. The minimum Gasteiger partial charge on any atom is -0.507 e. The van der Waals surface area contributed by atoms with Crippen molar-refractivity contribution >= 4 is 29.1 Å². The maximum Gasteiger partial charge on any atom is 0.251 e. The van der Waals surface area contributed by atoms with Gasteiger partial charge in [-0.2, -0.15) is 10.2 Å². The summed E-state index contributed by atoms with van der Waals surface area (Å²) in [5, 5.41) is 28.7. The first kappa shape index (κ1) is 39.5. The zero-order chi connectivity index (χ0) is 41.3. The van der Waals surface area contributed by atoms with Crippen molar-refractivity contribution in [2.75, 3.05) is 56.0 Å². The Bertz CT molecular complexity index is 2240. The lowest BCUT2D eigenvalue weighted by atomic mass is 9.74. The number of nitrogens with zero attached hydrogens (tertiary/aromatic N) is 5. The first-order chi connectivity index (χ1) is 29.1. The van der Waals surface area contributed by atoms with Crippen LogP contribution in [0.1, 0.15) is 69.8 Å². The van der Waals surface area contributed by atoms with Gasteiger partial charge >= 0.3 is 0 Å². The minimum absolute atomic E-state index is 0.138. The summed E-state index contributed by atoms with van der Waals surface area (Å²) in [7, 11) is 0. The van der Waals surface area contributed by atoms with E-state index in [1.165, 1.54) is 5.56 Å². The lowest BCUT2D eigenvalue weighted by Gasteiger charge is -2.54. The summed E-state index contributed by atoms with van der Waals surface area (Å²) < 4.78 is 6.88. The van der Waals surface area contributed by atoms with Crippen molar-refractivity contribution in [2.24, 2.45) is 0 Å². The monoisotopic (exact) mass is 810 g/mol. The molecule has 4 aromatic rings. The molecule has 9 rings (SSSR count). The number of ether oxygens (including phenoxy) is 1. The van der Waals surface area contributed by atoms with Gasteiger partial charge in [0.1, 0.15) is 17.0 Å². The summed E-state index contributed by atoms with van der Waals surface area (Å²) >= 11 is 0. The van der Waals surface area contributed by atoms with E-state index in [1.807, 2.05) is 72.5 Å². The Morgan fingerprint density at radius 2 is 1.58 bits per heavy atom. The number of aromatic nitrogens is 2. The number of anilines is 2. The highest BCUT2D eigenvalue weighted by atomic mass is 16.5. The van der Waals surface area contributed by atoms with Crippen LogP contribution >= 0.6 is 0 Å². The molecule has 6 heterocycles. The molecule has 3 amide bonds. The van der Waals surface area contributed by atoms with Gasteiger partial charge in [-0.05, 0) is 112 Å². The first-order valence-electron chi connectivity index (χ1n) is 21.4. The maximum absolute atomic E-state index is 13.6. The van der Waals surface area contributed by atoms with Crippen LogP contribution in [0.3, 0.4) is 0 Å². The number of phenolic OH excluding ortho intramolecular Hbond substituents is 1. The van der Waals surface area contributed by atoms with Crippen molar-refractivity contribution in [3.05, 3.63) is 108 Å². The van der Waals surface area contributed by atoms with E-state index in [9.17, 15) is 19.5 Å². The SMILES string of the molecule is C[C@]1(Nc2ccc(C3CCN(CC(=O)N4CCC5(C=C(C6(Oc7ccccc7)CCN(c7cnnc(-c8ccccc8O)c7)CC6)N5)CC4)CC3)cc2)CCC(=O)NC1=O. The third-order valence-electron chi connectivity index (χ3n) is 13.5. The van der Waals surface area contributed by atoms with Crippen LogP contribution in [0.2, 0.25) is 0 Å². The van der Waals surface area contributed by atoms with E-state index in [4.69, 9.17) is 4.74 Å². The molecule has 0 unspecified atom stereocenters. The van der Waals surface area contributed by atoms with Gasteiger partial charge in [-0.3, -0.25) is 24.6 Å². The van der Waals surface area contributed by atoms with E-state index in [2.05, 4.69) is 54.2 Å². The Morgan fingerprint density at radius 3 is 2.28 bits per heavy atom. The molecule has 0 saturated carbocycles. The fourth-order valence-corrected chi connectivity index (χ4v) is 9.62. The Morgan fingerprint density at radius 1 is 0.883 bits per heavy atom. The topological polar surface area (TPSA) is 152 Å². The number of hydrogen-bond acceptors (Lipinski definition) is 11. The van der Waals surface area contributed by atoms with Gasteiger partial charge in [-0.15, -0.1) is 0 Å². The van der Waals surface area contributed by atoms with E-state index in [0.29, 0.717) is 36.6 Å². The number of imide groups is 1. The van der Waals surface area contributed by atoms with Crippen molar-refractivity contribution in [3.8, 4) is 22.8 Å². The van der Waals surface area contributed by atoms with E-state index < -0.39 is 11.1 Å². The lowest BCUT2D eigenvalue weighted by Crippen LogP contribution is -2.65. The number of nitrogens with one attached hydrogen (secondary N) is 3. The number of phenols is 1. The quantitative estimate of drug-likeness (QED) is 0.148. The zero-order valence-electron chi connectivity index (χ0n) is 34.2. The molecule has 1 aromatic heterocycles. The van der Waals surface area contributed by atoms with Crippen molar-refractivity contribution in [1.82, 2.24) is 30.6 Å². The van der Waals surface area contributed by atoms with E-state index in [1.54, 1.807) is 18.3 Å². The highest BCUT2D eigenvalue weighted by Gasteiger charge is 2.50. The molecule has 4 fully saturated rings. The summed E-state index contributed by atoms with van der Waals surface area (Å²) in [4.78, 5) is 44.3. The van der Waals surface area contributed by atoms with E-state index >= 15 is 0 Å². The standard InChI is InChI=1S/C47H54N8O5/c1-45(18-15-42(57)49-44(45)59)50-35-13-11-33(12-14-35)34-16-23-53(24-17-34)32-43(58)55-25-19-46(20-26-55)30-41(51-46)47(60-37-7-3-2-4-8-37)21-27-54(28-22-47)36-29-39(52-48-31-36)38-9-5-6-10-40(38)56/h2-14,29-31,34,50-51,56H,15-28,32H2,1H3,(H,49,57,59)/t45-/m0/s1. The van der Waals surface area contributed by atoms with Crippen molar-refractivity contribution in [1.29, 1.82) is 0 Å². The van der Waals surface area contributed by atoms with Crippen LogP contribution in [0.25, 0.3) is 11.3 Å². The summed E-state index contributed by atoms with van der Waals surface area (Å²) in [6, 6.07) is 27.6. The predicted molar refractivity (Wildman–Crippen MR) is 229 cm³/mol. The number of para-hydroxylation sites is 2. The summed E-state index contributed by atoms with van der Waals surface area (Å²) in [6.45, 7) is 7.01. The second-order valence-corrected chi connectivity index (χ2v) is 17.4. The summed E-state index contributed by atoms with van der Waals surface area (Å²) in [5.74, 6) is 1.15. The number of hydrogen-bond donors (Lipinski definition) is 4. The maximum atomic E-state index is 13.6. The van der Waals surface area contributed by atoms with Crippen molar-refractivity contribution < 1.29 is 24.2 Å². The van der Waals surface area contributed by atoms with Crippen molar-refractivity contribution in [2.45, 2.75) is 80.9 Å². The molecular formula is C47H54N8O5. The number of amides is 3. The van der Waals surface area contributed by atoms with Crippen LogP contribution in [-0.2, 0) is 14.4 Å². The van der Waals surface area contributed by atoms with Gasteiger partial charge in [-0.1, -0.05) is 42.5 Å². The molecule has 312 valence electrons. The molecule has 4 saturated heterocycles. The third kappa shape index (κ3) is 8.15. The number of likely N-dealkylation sites (tertiary alicyclic amines) is 2. The van der Waals surface area contributed by atoms with Crippen LogP contribution in [0.5, 0.6) is 11.5 Å². The second-order valence-electron chi connectivity index (χ2n) is 17.4. The second kappa shape index (κ2) is 16.2. The molecule has 0 bridgehead atoms. The molecule has 3 aromatic carbocycles. The van der Waals surface area contributed by atoms with Gasteiger partial charge < -0.3 is 30.3 Å². The van der Waals surface area contributed by atoms with Gasteiger partial charge in [0.25, 0.3) is 5.91 Å². The first-order valence-corrected chi connectivity index (χ1v) is 21.4. The zero-order valence-corrected chi connectivity index (χ0v) is 34.2. The fraction of sp³-hybridized carbons (Fsp3) is 0.426. The fourth-order valence-electron chi connectivity index (χ4n) is 9.62. The number of piperidine rings is 4. The van der Waals surface area contributed by atoms with Crippen LogP contribution in [-0.4, -0.2) is 105 Å². The molecule has 0 aliphatic carbocycles. The van der Waals surface area contributed by atoms with E-state index in [-0.39, 0.29) is 29.0 Å². The molecule has 13 heteroatoms. The molecule has 1 spiro atoms. The van der Waals surface area contributed by atoms with Gasteiger partial charge in [-0.25, -0.2) is 0 Å². The lowest BCUT2D eigenvalue weighted by molar-refractivity contribution is -0.136. The number of carbonyl (C=O) groups excluding carboxylic acids is 3. The molecule has 4 N–H and O–H groups in total. The van der Waals surface area contributed by atoms with E-state index in [0.717, 1.165) is 101 Å². The average Bonchev–Trinajstić information content (AvgIpc) is 3.26. The Hall–Kier alpha value is -5.95. The van der Waals surface area contributed by atoms with Crippen LogP contribution in [0.4, 0.5) is 11.4 Å². The number of benzene rings is 3. The Labute approximate surface area is 351 Å². The van der Waals surface area contributed by atoms with Gasteiger partial charge in [0.2, 0.25) is 11.8 Å². The summed E-state index contributed by atoms with van der Waals surface area (Å²) in [5.41, 5.74) is 4.08. The normalized spacial score (nSPS) is 22.9. The van der Waals surface area contributed by atoms with Crippen molar-refractivity contribution in [3.63, 3.8) is 0 Å². The molecule has 1 atom stereocenters. The van der Waals surface area contributed by atoms with Crippen LogP contribution in [0, 0.1) is 0 Å². The number of carbonyl (C=O) groups is 3. The van der Waals surface area contributed by atoms with Crippen LogP contribution in [0.15, 0.2) is 103 Å². The number of aromatic hydroxyl groups is 1. The van der Waals surface area contributed by atoms with Crippen LogP contribution < -0.4 is 25.6 Å². The molecule has 13 nitrogen and oxygen atoms in total. The van der Waals surface area contributed by atoms with Gasteiger partial charge in [0.15, 0.2) is 5.60 Å². The molecule has 0 radical (unpaired) electrons. The number of rotatable bonds is 10. The smallest absolute Gasteiger partial charge is 0.251 e. The van der Waals surface area contributed by atoms with Gasteiger partial charge in [0.05, 0.1) is 35.4 Å². The predicted octanol–water partition coefficient (Wildman–Crippen LogP) is 5.60. The highest BCUT2D eigenvalue weighted by Crippen LogP contribution is 2.44. The minimum atomic E-state index is -0.808.